The molecular weight excluding hydrogens is 302 g/mol. The van der Waals surface area contributed by atoms with E-state index >= 15 is 0 Å². The summed E-state index contributed by atoms with van der Waals surface area (Å²) in [6, 6.07) is 13.8. The Morgan fingerprint density at radius 2 is 2.05 bits per heavy atom. The van der Waals surface area contributed by atoms with E-state index in [1.165, 1.54) is 16.5 Å². The molecule has 0 saturated carbocycles. The van der Waals surface area contributed by atoms with Crippen LogP contribution in [0, 0.1) is 11.3 Å². The Bertz CT molecular complexity index is 978. The molecule has 4 rings (SSSR count). The van der Waals surface area contributed by atoms with E-state index in [1.54, 1.807) is 23.6 Å². The third kappa shape index (κ3) is 2.05. The van der Waals surface area contributed by atoms with Gasteiger partial charge in [0.05, 0.1) is 15.8 Å². The average Bonchev–Trinajstić information content (AvgIpc) is 3.08. The maximum absolute atomic E-state index is 8.80. The van der Waals surface area contributed by atoms with Crippen molar-refractivity contribution in [3.63, 3.8) is 0 Å². The Labute approximate surface area is 127 Å². The van der Waals surface area contributed by atoms with Crippen LogP contribution in [-0.4, -0.2) is 19.6 Å². The maximum atomic E-state index is 8.80. The predicted molar refractivity (Wildman–Crippen MR) is 81.4 cm³/mol. The topological polar surface area (TPSA) is 66.9 Å². The number of pyridine rings is 1. The van der Waals surface area contributed by atoms with E-state index in [9.17, 15) is 0 Å². The Morgan fingerprint density at radius 3 is 2.86 bits per heavy atom. The summed E-state index contributed by atoms with van der Waals surface area (Å²) in [4.78, 5) is 5.13. The zero-order chi connectivity index (χ0) is 14.2. The zero-order valence-corrected chi connectivity index (χ0v) is 12.2. The van der Waals surface area contributed by atoms with Gasteiger partial charge in [-0.2, -0.15) is 5.26 Å². The van der Waals surface area contributed by atoms with E-state index in [-0.39, 0.29) is 0 Å². The molecule has 0 unspecified atom stereocenters. The summed E-state index contributed by atoms with van der Waals surface area (Å²) < 4.78 is 3.21. The van der Waals surface area contributed by atoms with Crippen LogP contribution in [-0.2, 0) is 0 Å². The zero-order valence-electron chi connectivity index (χ0n) is 10.6. The molecule has 0 atom stereocenters. The standard InChI is InChI=1S/C14H7N5S2/c15-7-9-5-6-12(16-8-9)21-14-18-17-13-19(14)10-3-1-2-4-11(10)20-13/h1-6,8H. The van der Waals surface area contributed by atoms with E-state index in [0.717, 1.165) is 20.7 Å². The first-order chi connectivity index (χ1) is 10.3. The van der Waals surface area contributed by atoms with Crippen molar-refractivity contribution >= 4 is 38.3 Å². The number of aromatic nitrogens is 4. The molecule has 3 heterocycles. The van der Waals surface area contributed by atoms with Crippen molar-refractivity contribution in [2.75, 3.05) is 0 Å². The second-order valence-corrected chi connectivity index (χ2v) is 6.27. The Balaban J connectivity index is 1.81. The minimum absolute atomic E-state index is 0.548. The highest BCUT2D eigenvalue weighted by Crippen LogP contribution is 2.31. The van der Waals surface area contributed by atoms with Gasteiger partial charge in [-0.15, -0.1) is 10.2 Å². The monoisotopic (exact) mass is 309 g/mol. The SMILES string of the molecule is N#Cc1ccc(Sc2nnc3sc4ccccc4n23)nc1. The Hall–Kier alpha value is -2.43. The van der Waals surface area contributed by atoms with Gasteiger partial charge >= 0.3 is 0 Å². The Kier molecular flexibility index (Phi) is 2.84. The summed E-state index contributed by atoms with van der Waals surface area (Å²) in [6.07, 6.45) is 1.56. The normalized spacial score (nSPS) is 11.0. The molecule has 3 aromatic heterocycles. The van der Waals surface area contributed by atoms with E-state index in [2.05, 4.69) is 33.4 Å². The first-order valence-corrected chi connectivity index (χ1v) is 7.75. The molecule has 0 bridgehead atoms. The molecule has 0 aliphatic rings. The molecule has 0 aliphatic carbocycles. The van der Waals surface area contributed by atoms with Crippen molar-refractivity contribution < 1.29 is 0 Å². The van der Waals surface area contributed by atoms with Crippen LogP contribution in [0.4, 0.5) is 0 Å². The lowest BCUT2D eigenvalue weighted by Gasteiger charge is -1.98. The summed E-state index contributed by atoms with van der Waals surface area (Å²) >= 11 is 3.05. The van der Waals surface area contributed by atoms with Gasteiger partial charge in [0.1, 0.15) is 11.1 Å². The lowest BCUT2D eigenvalue weighted by Crippen LogP contribution is -1.87. The number of nitriles is 1. The second-order valence-electron chi connectivity index (χ2n) is 4.27. The van der Waals surface area contributed by atoms with Gasteiger partial charge < -0.3 is 0 Å². The molecular formula is C14H7N5S2. The van der Waals surface area contributed by atoms with Gasteiger partial charge in [0.25, 0.3) is 0 Å². The van der Waals surface area contributed by atoms with Crippen molar-refractivity contribution in [2.24, 2.45) is 0 Å². The van der Waals surface area contributed by atoms with Gasteiger partial charge in [-0.1, -0.05) is 23.5 Å². The highest BCUT2D eigenvalue weighted by Gasteiger charge is 2.13. The fraction of sp³-hybridized carbons (Fsp3) is 0. The predicted octanol–water partition coefficient (Wildman–Crippen LogP) is 3.36. The Morgan fingerprint density at radius 1 is 1.14 bits per heavy atom. The second kappa shape index (κ2) is 4.84. The molecule has 21 heavy (non-hydrogen) atoms. The third-order valence-electron chi connectivity index (χ3n) is 2.97. The largest absolute Gasteiger partial charge is 0.260 e. The fourth-order valence-electron chi connectivity index (χ4n) is 2.02. The number of hydrogen-bond acceptors (Lipinski definition) is 6. The van der Waals surface area contributed by atoms with Crippen LogP contribution in [0.1, 0.15) is 5.56 Å². The van der Waals surface area contributed by atoms with Gasteiger partial charge in [0, 0.05) is 6.20 Å². The third-order valence-corrected chi connectivity index (χ3v) is 4.88. The molecule has 7 heteroatoms. The number of nitrogens with zero attached hydrogens (tertiary/aromatic N) is 5. The molecule has 0 radical (unpaired) electrons. The number of thiazole rings is 1. The van der Waals surface area contributed by atoms with Crippen molar-refractivity contribution in [1.82, 2.24) is 19.6 Å². The van der Waals surface area contributed by atoms with Crippen LogP contribution in [0.2, 0.25) is 0 Å². The average molecular weight is 309 g/mol. The van der Waals surface area contributed by atoms with Crippen molar-refractivity contribution in [3.8, 4) is 6.07 Å². The lowest BCUT2D eigenvalue weighted by atomic mass is 10.3. The lowest BCUT2D eigenvalue weighted by molar-refractivity contribution is 0.935. The van der Waals surface area contributed by atoms with Gasteiger partial charge in [0.15, 0.2) is 0 Å². The van der Waals surface area contributed by atoms with E-state index < -0.39 is 0 Å². The first kappa shape index (κ1) is 12.3. The van der Waals surface area contributed by atoms with Crippen molar-refractivity contribution in [3.05, 3.63) is 48.2 Å². The number of para-hydroxylation sites is 1. The summed E-state index contributed by atoms with van der Waals surface area (Å²) in [7, 11) is 0. The molecule has 0 aliphatic heterocycles. The number of benzene rings is 1. The molecule has 0 saturated heterocycles. The van der Waals surface area contributed by atoms with Gasteiger partial charge in [-0.25, -0.2) is 4.98 Å². The van der Waals surface area contributed by atoms with E-state index in [1.807, 2.05) is 22.6 Å². The van der Waals surface area contributed by atoms with Crippen LogP contribution in [0.25, 0.3) is 15.2 Å². The van der Waals surface area contributed by atoms with Gasteiger partial charge in [0.2, 0.25) is 10.1 Å². The number of hydrogen-bond donors (Lipinski definition) is 0. The number of rotatable bonds is 2. The summed E-state index contributed by atoms with van der Waals surface area (Å²) in [5, 5.41) is 18.8. The first-order valence-electron chi connectivity index (χ1n) is 6.12. The van der Waals surface area contributed by atoms with Crippen molar-refractivity contribution in [2.45, 2.75) is 10.2 Å². The van der Waals surface area contributed by atoms with Crippen molar-refractivity contribution in [1.29, 1.82) is 5.26 Å². The smallest absolute Gasteiger partial charge is 0.217 e. The van der Waals surface area contributed by atoms with Crippen LogP contribution in [0.15, 0.2) is 52.8 Å². The molecule has 0 fully saturated rings. The van der Waals surface area contributed by atoms with Crippen LogP contribution in [0.5, 0.6) is 0 Å². The molecule has 0 spiro atoms. The molecule has 100 valence electrons. The minimum atomic E-state index is 0.548. The van der Waals surface area contributed by atoms with Gasteiger partial charge in [-0.3, -0.25) is 4.40 Å². The molecule has 0 amide bonds. The van der Waals surface area contributed by atoms with E-state index in [4.69, 9.17) is 5.26 Å². The van der Waals surface area contributed by atoms with Crippen LogP contribution < -0.4 is 0 Å². The van der Waals surface area contributed by atoms with Crippen LogP contribution >= 0.6 is 23.1 Å². The highest BCUT2D eigenvalue weighted by atomic mass is 32.2. The quantitative estimate of drug-likeness (QED) is 0.568. The molecule has 0 N–H and O–H groups in total. The summed E-state index contributed by atoms with van der Waals surface area (Å²) in [5.74, 6) is 0. The summed E-state index contributed by atoms with van der Waals surface area (Å²) in [6.45, 7) is 0. The number of fused-ring (bicyclic) bond motifs is 3. The molecule has 1 aromatic carbocycles. The molecule has 4 aromatic rings. The highest BCUT2D eigenvalue weighted by molar-refractivity contribution is 7.99. The van der Waals surface area contributed by atoms with E-state index in [0.29, 0.717) is 5.56 Å². The fourth-order valence-corrected chi connectivity index (χ4v) is 3.83. The maximum Gasteiger partial charge on any atom is 0.217 e. The molecule has 5 nitrogen and oxygen atoms in total. The summed E-state index contributed by atoms with van der Waals surface area (Å²) in [5.41, 5.74) is 1.64. The van der Waals surface area contributed by atoms with Gasteiger partial charge in [-0.05, 0) is 36.0 Å². The van der Waals surface area contributed by atoms with Crippen LogP contribution in [0.3, 0.4) is 0 Å². The minimum Gasteiger partial charge on any atom is -0.260 e.